The molecule has 18 heavy (non-hydrogen) atoms. The van der Waals surface area contributed by atoms with E-state index in [2.05, 4.69) is 37.9 Å². The third-order valence-electron chi connectivity index (χ3n) is 4.57. The van der Waals surface area contributed by atoms with Crippen LogP contribution < -0.4 is 0 Å². The van der Waals surface area contributed by atoms with Crippen LogP contribution in [0.2, 0.25) is 0 Å². The van der Waals surface area contributed by atoms with Crippen LogP contribution in [0.1, 0.15) is 66.7 Å². The third kappa shape index (κ3) is 4.91. The van der Waals surface area contributed by atoms with Crippen LogP contribution in [-0.2, 0) is 0 Å². The molecule has 0 saturated heterocycles. The molecular weight excluding hydrogens is 220 g/mol. The number of hydrogen-bond donors (Lipinski definition) is 0. The lowest BCUT2D eigenvalue weighted by Gasteiger charge is -2.26. The van der Waals surface area contributed by atoms with E-state index in [1.165, 1.54) is 32.1 Å². The van der Waals surface area contributed by atoms with Gasteiger partial charge in [0, 0.05) is 6.20 Å². The van der Waals surface area contributed by atoms with Crippen molar-refractivity contribution in [3.63, 3.8) is 0 Å². The Hall–Kier alpha value is -0.660. The first-order chi connectivity index (χ1) is 8.46. The van der Waals surface area contributed by atoms with E-state index < -0.39 is 0 Å². The zero-order valence-electron chi connectivity index (χ0n) is 12.8. The topological polar surface area (TPSA) is 24.7 Å². The molecule has 2 nitrogen and oxygen atoms in total. The summed E-state index contributed by atoms with van der Waals surface area (Å²) in [7, 11) is 0. The van der Waals surface area contributed by atoms with Gasteiger partial charge in [0.25, 0.3) is 0 Å². The third-order valence-corrected chi connectivity index (χ3v) is 4.57. The van der Waals surface area contributed by atoms with Gasteiger partial charge in [-0.05, 0) is 43.4 Å². The molecule has 0 amide bonds. The normalized spacial score (nSPS) is 34.4. The van der Waals surface area contributed by atoms with Crippen LogP contribution >= 0.6 is 0 Å². The van der Waals surface area contributed by atoms with Crippen molar-refractivity contribution in [2.24, 2.45) is 27.5 Å². The van der Waals surface area contributed by atoms with E-state index in [9.17, 15) is 0 Å². The lowest BCUT2D eigenvalue weighted by atomic mass is 9.82. The van der Waals surface area contributed by atoms with Crippen molar-refractivity contribution in [1.29, 1.82) is 0 Å². The molecular formula is C16H30N2. The monoisotopic (exact) mass is 250 g/mol. The molecule has 0 heterocycles. The van der Waals surface area contributed by atoms with Crippen LogP contribution in [0.15, 0.2) is 22.5 Å². The zero-order valence-corrected chi connectivity index (χ0v) is 12.8. The van der Waals surface area contributed by atoms with Crippen molar-refractivity contribution >= 4 is 0 Å². The Kier molecular flexibility index (Phi) is 6.04. The molecule has 2 heteroatoms. The van der Waals surface area contributed by atoms with Gasteiger partial charge in [0.1, 0.15) is 0 Å². The largest absolute Gasteiger partial charge is 0.186 e. The zero-order chi connectivity index (χ0) is 13.6. The average molecular weight is 250 g/mol. The van der Waals surface area contributed by atoms with E-state index in [1.54, 1.807) is 6.20 Å². The van der Waals surface area contributed by atoms with Crippen molar-refractivity contribution in [3.05, 3.63) is 12.3 Å². The summed E-state index contributed by atoms with van der Waals surface area (Å²) in [5.74, 6) is 1.40. The van der Waals surface area contributed by atoms with Crippen LogP contribution in [0.4, 0.5) is 0 Å². The van der Waals surface area contributed by atoms with Gasteiger partial charge in [-0.15, -0.1) is 0 Å². The smallest absolute Gasteiger partial charge is 0.0740 e. The van der Waals surface area contributed by atoms with Crippen LogP contribution in [0.3, 0.4) is 0 Å². The lowest BCUT2D eigenvalue weighted by molar-refractivity contribution is 0.276. The summed E-state index contributed by atoms with van der Waals surface area (Å²) in [6, 6.07) is 0.397. The van der Waals surface area contributed by atoms with E-state index in [-0.39, 0.29) is 0 Å². The van der Waals surface area contributed by atoms with E-state index >= 15 is 0 Å². The Morgan fingerprint density at radius 3 is 2.50 bits per heavy atom. The first-order valence-corrected chi connectivity index (χ1v) is 7.47. The van der Waals surface area contributed by atoms with Crippen molar-refractivity contribution in [1.82, 2.24) is 0 Å². The molecule has 0 aromatic rings. The second-order valence-corrected chi connectivity index (χ2v) is 6.71. The van der Waals surface area contributed by atoms with Crippen LogP contribution in [0.25, 0.3) is 0 Å². The fourth-order valence-electron chi connectivity index (χ4n) is 2.82. The number of hydrogen-bond acceptors (Lipinski definition) is 2. The fraction of sp³-hybridized carbons (Fsp3) is 0.875. The van der Waals surface area contributed by atoms with E-state index in [0.717, 1.165) is 5.92 Å². The minimum absolute atomic E-state index is 0.397. The number of azo groups is 1. The summed E-state index contributed by atoms with van der Waals surface area (Å²) in [5.41, 5.74) is 0.470. The van der Waals surface area contributed by atoms with Gasteiger partial charge in [0.05, 0.1) is 6.04 Å². The van der Waals surface area contributed by atoms with Gasteiger partial charge in [-0.25, -0.2) is 0 Å². The Bertz CT molecular complexity index is 291. The van der Waals surface area contributed by atoms with Gasteiger partial charge in [-0.3, -0.25) is 0 Å². The summed E-state index contributed by atoms with van der Waals surface area (Å²) in [6.45, 7) is 11.5. The highest BCUT2D eigenvalue weighted by atomic mass is 15.1. The highest BCUT2D eigenvalue weighted by Crippen LogP contribution is 2.36. The minimum atomic E-state index is 0.397. The van der Waals surface area contributed by atoms with Gasteiger partial charge < -0.3 is 0 Å². The van der Waals surface area contributed by atoms with Crippen LogP contribution in [-0.4, -0.2) is 6.04 Å². The maximum Gasteiger partial charge on any atom is 0.0740 e. The molecule has 3 atom stereocenters. The minimum Gasteiger partial charge on any atom is -0.186 e. The van der Waals surface area contributed by atoms with E-state index in [1.807, 2.05) is 13.0 Å². The highest BCUT2D eigenvalue weighted by molar-refractivity contribution is 4.83. The molecule has 0 spiro atoms. The standard InChI is InChI=1S/C16H30N2/c1-6-12-17-18-15-9-11-16(4,5)10-7-8-13(2)14(15)3/h6,12-15H,7-11H2,1-5H3/b12-6-,18-17-. The van der Waals surface area contributed by atoms with Crippen molar-refractivity contribution < 1.29 is 0 Å². The van der Waals surface area contributed by atoms with Gasteiger partial charge in [0.15, 0.2) is 0 Å². The second kappa shape index (κ2) is 7.06. The van der Waals surface area contributed by atoms with Gasteiger partial charge in [0.2, 0.25) is 0 Å². The molecule has 1 fully saturated rings. The summed E-state index contributed by atoms with van der Waals surface area (Å²) < 4.78 is 0. The van der Waals surface area contributed by atoms with Crippen molar-refractivity contribution in [2.45, 2.75) is 72.8 Å². The lowest BCUT2D eigenvalue weighted by Crippen LogP contribution is -2.22. The van der Waals surface area contributed by atoms with Gasteiger partial charge in [-0.2, -0.15) is 10.2 Å². The maximum absolute atomic E-state index is 4.55. The second-order valence-electron chi connectivity index (χ2n) is 6.71. The van der Waals surface area contributed by atoms with E-state index in [0.29, 0.717) is 17.4 Å². The quantitative estimate of drug-likeness (QED) is 0.570. The molecule has 0 N–H and O–H groups in total. The SMILES string of the molecule is C/C=C\N=N/C1CCC(C)(C)CCCC(C)C1C. The summed E-state index contributed by atoms with van der Waals surface area (Å²) in [5, 5.41) is 8.74. The summed E-state index contributed by atoms with van der Waals surface area (Å²) in [4.78, 5) is 0. The van der Waals surface area contributed by atoms with E-state index in [4.69, 9.17) is 0 Å². The number of allylic oxidation sites excluding steroid dienone is 1. The van der Waals surface area contributed by atoms with Crippen LogP contribution in [0, 0.1) is 17.3 Å². The summed E-state index contributed by atoms with van der Waals surface area (Å²) in [6.07, 6.45) is 10.2. The predicted molar refractivity (Wildman–Crippen MR) is 78.7 cm³/mol. The van der Waals surface area contributed by atoms with Crippen molar-refractivity contribution in [3.8, 4) is 0 Å². The summed E-state index contributed by atoms with van der Waals surface area (Å²) >= 11 is 0. The highest BCUT2D eigenvalue weighted by Gasteiger charge is 2.28. The van der Waals surface area contributed by atoms with Gasteiger partial charge in [-0.1, -0.05) is 46.6 Å². The van der Waals surface area contributed by atoms with Crippen LogP contribution in [0.5, 0.6) is 0 Å². The first kappa shape index (κ1) is 15.4. The first-order valence-electron chi connectivity index (χ1n) is 7.47. The Balaban J connectivity index is 2.75. The maximum atomic E-state index is 4.55. The predicted octanol–water partition coefficient (Wildman–Crippen LogP) is 5.60. The molecule has 1 aliphatic rings. The molecule has 104 valence electrons. The molecule has 1 saturated carbocycles. The molecule has 0 aliphatic heterocycles. The molecule has 0 aromatic heterocycles. The fourth-order valence-corrected chi connectivity index (χ4v) is 2.82. The average Bonchev–Trinajstić information content (AvgIpc) is 2.35. The molecule has 0 radical (unpaired) electrons. The molecule has 3 unspecified atom stereocenters. The Morgan fingerprint density at radius 2 is 1.83 bits per heavy atom. The Labute approximate surface area is 113 Å². The molecule has 0 bridgehead atoms. The van der Waals surface area contributed by atoms with Crippen molar-refractivity contribution in [2.75, 3.05) is 0 Å². The molecule has 1 aliphatic carbocycles. The Morgan fingerprint density at radius 1 is 1.11 bits per heavy atom. The molecule has 1 rings (SSSR count). The van der Waals surface area contributed by atoms with Gasteiger partial charge >= 0.3 is 0 Å². The molecule has 0 aromatic carbocycles. The number of nitrogens with zero attached hydrogens (tertiary/aromatic N) is 2. The number of rotatable bonds is 2.